The average molecular weight is 709 g/mol. The Morgan fingerprint density at radius 1 is 1.00 bits per heavy atom. The van der Waals surface area contributed by atoms with Crippen LogP contribution in [-0.4, -0.2) is 98.9 Å². The summed E-state index contributed by atoms with van der Waals surface area (Å²) in [6.45, 7) is -9.82. The van der Waals surface area contributed by atoms with Crippen LogP contribution in [0.25, 0.3) is 22.3 Å². The predicted molar refractivity (Wildman–Crippen MR) is 156 cm³/mol. The zero-order valence-corrected chi connectivity index (χ0v) is 25.8. The summed E-state index contributed by atoms with van der Waals surface area (Å²) in [5.41, 5.74) is 11.0. The number of aliphatic hydroxyl groups excluding tert-OH is 1. The molecule has 0 aliphatic carbocycles. The van der Waals surface area contributed by atoms with Crippen LogP contribution in [0.5, 0.6) is 0 Å². The standard InChI is InChI=1S/C20H23FN10O10P2S2/c21-8-12-6(38-18(8)31-5-27-10-16(31)28-20(23)29-17(10)33)1-36-43(35,45)41-13-7(2-37-42(34,44)40-12)39-19(11(13)32)30-4-26-9-14(22)24-3-25-15(9)30/h3-8,11-13,18-19,32H,1-2H2,(H,34,44)(H,35,45)(H2,22,24,25)(H3,23,28,29,33)/t6-,7?,8-,11-,12-,13-,18-,19-,42?,43?/m1/s1. The topological polar surface area (TPSA) is 272 Å². The third kappa shape index (κ3) is 5.55. The van der Waals surface area contributed by atoms with Crippen LogP contribution in [0.1, 0.15) is 12.5 Å². The van der Waals surface area contributed by atoms with Crippen molar-refractivity contribution in [1.29, 1.82) is 0 Å². The summed E-state index contributed by atoms with van der Waals surface area (Å²) in [6.07, 6.45) is -8.44. The van der Waals surface area contributed by atoms with Crippen molar-refractivity contribution in [2.75, 3.05) is 24.7 Å². The number of hydrogen-bond acceptors (Lipinski definition) is 17. The molecule has 0 aromatic carbocycles. The molecule has 7 heterocycles. The van der Waals surface area contributed by atoms with Crippen LogP contribution in [0.15, 0.2) is 23.8 Å². The smallest absolute Gasteiger partial charge is 0.386 e. The van der Waals surface area contributed by atoms with Crippen molar-refractivity contribution in [3.8, 4) is 0 Å². The highest BCUT2D eigenvalue weighted by Crippen LogP contribution is 2.58. The quantitative estimate of drug-likeness (QED) is 0.115. The van der Waals surface area contributed by atoms with E-state index in [1.54, 1.807) is 0 Å². The first-order valence-electron chi connectivity index (χ1n) is 12.9. The average Bonchev–Trinajstić information content (AvgIpc) is 3.72. The van der Waals surface area contributed by atoms with Crippen LogP contribution in [0.2, 0.25) is 0 Å². The first-order valence-corrected chi connectivity index (χ1v) is 18.2. The molecule has 0 radical (unpaired) electrons. The van der Waals surface area contributed by atoms with Crippen LogP contribution in [0.4, 0.5) is 16.2 Å². The second-order valence-corrected chi connectivity index (χ2v) is 15.8. The molecule has 4 aromatic rings. The molecule has 7 N–H and O–H groups in total. The number of thiol groups is 1. The second-order valence-electron chi connectivity index (χ2n) is 10.1. The minimum Gasteiger partial charge on any atom is -0.386 e. The van der Waals surface area contributed by atoms with E-state index in [0.29, 0.717) is 0 Å². The highest BCUT2D eigenvalue weighted by molar-refractivity contribution is 8.44. The Bertz CT molecular complexity index is 1950. The molecule has 4 aromatic heterocycles. The lowest BCUT2D eigenvalue weighted by atomic mass is 10.1. The van der Waals surface area contributed by atoms with E-state index < -0.39 is 81.4 Å². The number of fused-ring (bicyclic) bond motifs is 4. The predicted octanol–water partition coefficient (Wildman–Crippen LogP) is -0.310. The second kappa shape index (κ2) is 11.2. The Balaban J connectivity index is 1.17. The van der Waals surface area contributed by atoms with E-state index in [1.165, 1.54) is 17.2 Å². The number of ether oxygens (including phenoxy) is 2. The van der Waals surface area contributed by atoms with Crippen molar-refractivity contribution >= 4 is 71.7 Å². The van der Waals surface area contributed by atoms with Crippen LogP contribution >= 0.6 is 25.8 Å². The number of nitrogens with two attached hydrogens (primary N) is 2. The Kier molecular flexibility index (Phi) is 7.74. The summed E-state index contributed by atoms with van der Waals surface area (Å²) in [5, 5.41) is 11.2. The SMILES string of the molecule is Nc1nc2c(ncn2[C@@H]2O[C@@H]3COP(=O)(S)O[C@@H]4C(COP(O)(=S)O[C@H]3[C@H]2F)O[C@@H](n2cnc3c(N)ncnc32)[C@@H]4O)c(=O)[nH]1. The van der Waals surface area contributed by atoms with Gasteiger partial charge in [0.05, 0.1) is 25.9 Å². The first-order chi connectivity index (χ1) is 21.3. The number of aliphatic hydroxyl groups is 1. The molecule has 0 amide bonds. The molecule has 10 atom stereocenters. The highest BCUT2D eigenvalue weighted by Gasteiger charge is 2.53. The molecule has 0 spiro atoms. The van der Waals surface area contributed by atoms with E-state index in [4.69, 9.17) is 50.8 Å². The van der Waals surface area contributed by atoms with E-state index >= 15 is 4.39 Å². The largest absolute Gasteiger partial charge is 0.386 e. The van der Waals surface area contributed by atoms with Crippen LogP contribution in [0, 0.1) is 0 Å². The van der Waals surface area contributed by atoms with E-state index in [2.05, 4.69) is 42.2 Å². The Morgan fingerprint density at radius 3 is 2.44 bits per heavy atom. The van der Waals surface area contributed by atoms with E-state index in [1.807, 2.05) is 0 Å². The number of alkyl halides is 1. The van der Waals surface area contributed by atoms with Gasteiger partial charge in [0.2, 0.25) is 5.95 Å². The number of hydrogen-bond donors (Lipinski definition) is 6. The van der Waals surface area contributed by atoms with Gasteiger partial charge in [-0.15, -0.1) is 0 Å². The van der Waals surface area contributed by atoms with E-state index in [9.17, 15) is 19.4 Å². The Morgan fingerprint density at radius 2 is 1.67 bits per heavy atom. The lowest BCUT2D eigenvalue weighted by molar-refractivity contribution is -0.0574. The van der Waals surface area contributed by atoms with Gasteiger partial charge in [-0.05, 0) is 11.8 Å². The number of aromatic nitrogens is 8. The van der Waals surface area contributed by atoms with Crippen molar-refractivity contribution in [3.05, 3.63) is 29.3 Å². The molecule has 3 aliphatic heterocycles. The molecular formula is C20H23FN10O10P2S2. The molecule has 25 heteroatoms. The summed E-state index contributed by atoms with van der Waals surface area (Å²) < 4.78 is 65.7. The fourth-order valence-corrected chi connectivity index (χ4v) is 8.21. The summed E-state index contributed by atoms with van der Waals surface area (Å²) in [7, 11) is 0. The minimum atomic E-state index is -4.34. The highest BCUT2D eigenvalue weighted by atomic mass is 32.7. The van der Waals surface area contributed by atoms with Crippen molar-refractivity contribution in [3.63, 3.8) is 0 Å². The van der Waals surface area contributed by atoms with Crippen molar-refractivity contribution in [1.82, 2.24) is 39.0 Å². The van der Waals surface area contributed by atoms with Gasteiger partial charge >= 0.3 is 13.5 Å². The summed E-state index contributed by atoms with van der Waals surface area (Å²) >= 11 is 9.20. The van der Waals surface area contributed by atoms with E-state index in [0.717, 1.165) is 10.9 Å². The van der Waals surface area contributed by atoms with Gasteiger partial charge in [0, 0.05) is 0 Å². The third-order valence-corrected chi connectivity index (χ3v) is 10.5. The molecule has 3 unspecified atom stereocenters. The maximum Gasteiger partial charge on any atom is 0.386 e. The molecule has 3 fully saturated rings. The van der Waals surface area contributed by atoms with Gasteiger partial charge in [-0.3, -0.25) is 32.5 Å². The zero-order chi connectivity index (χ0) is 31.8. The molecule has 242 valence electrons. The number of nitrogen functional groups attached to an aromatic ring is 2. The maximum atomic E-state index is 16.0. The Labute approximate surface area is 260 Å². The number of halogens is 1. The van der Waals surface area contributed by atoms with Gasteiger partial charge in [0.1, 0.15) is 42.4 Å². The monoisotopic (exact) mass is 708 g/mol. The molecule has 0 saturated carbocycles. The number of nitrogens with one attached hydrogen (secondary N) is 1. The van der Waals surface area contributed by atoms with Crippen molar-refractivity contribution in [2.24, 2.45) is 0 Å². The lowest BCUT2D eigenvalue weighted by Crippen LogP contribution is -2.38. The van der Waals surface area contributed by atoms with Gasteiger partial charge in [0.15, 0.2) is 41.3 Å². The molecule has 20 nitrogen and oxygen atoms in total. The molecule has 45 heavy (non-hydrogen) atoms. The summed E-state index contributed by atoms with van der Waals surface area (Å²) in [5.74, 6) is -0.169. The lowest BCUT2D eigenvalue weighted by Gasteiger charge is -2.29. The third-order valence-electron chi connectivity index (χ3n) is 7.28. The van der Waals surface area contributed by atoms with Crippen molar-refractivity contribution in [2.45, 2.75) is 49.1 Å². The van der Waals surface area contributed by atoms with E-state index in [-0.39, 0.29) is 34.1 Å². The fraction of sp³-hybridized carbons (Fsp3) is 0.500. The fourth-order valence-electron chi connectivity index (χ4n) is 5.28. The van der Waals surface area contributed by atoms with Crippen molar-refractivity contribution < 1.29 is 46.5 Å². The van der Waals surface area contributed by atoms with Crippen LogP contribution < -0.4 is 17.0 Å². The van der Waals surface area contributed by atoms with Gasteiger partial charge in [-0.25, -0.2) is 28.9 Å². The first kappa shape index (κ1) is 31.0. The van der Waals surface area contributed by atoms with Crippen LogP contribution in [-0.2, 0) is 43.9 Å². The molecule has 7 rings (SSSR count). The molecule has 3 saturated heterocycles. The van der Waals surface area contributed by atoms with Gasteiger partial charge in [0.25, 0.3) is 5.56 Å². The molecule has 3 aliphatic rings. The maximum absolute atomic E-state index is 16.0. The number of rotatable bonds is 2. The Hall–Kier alpha value is -2.66. The number of nitrogens with zero attached hydrogens (tertiary/aromatic N) is 7. The van der Waals surface area contributed by atoms with Gasteiger partial charge in [-0.2, -0.15) is 4.98 Å². The number of anilines is 2. The summed E-state index contributed by atoms with van der Waals surface area (Å²) in [6, 6.07) is 0. The number of imidazole rings is 2. The molecule has 0 bridgehead atoms. The van der Waals surface area contributed by atoms with Crippen LogP contribution in [0.3, 0.4) is 0 Å². The summed E-state index contributed by atoms with van der Waals surface area (Å²) in [4.78, 5) is 45.6. The number of aromatic amines is 1. The normalized spacial score (nSPS) is 37.7. The van der Waals surface area contributed by atoms with Gasteiger partial charge in [-0.1, -0.05) is 12.2 Å². The zero-order valence-electron chi connectivity index (χ0n) is 22.3. The number of H-pyrrole nitrogens is 1. The van der Waals surface area contributed by atoms with Gasteiger partial charge < -0.3 is 35.5 Å². The minimum absolute atomic E-state index is 0.0835. The molecular weight excluding hydrogens is 685 g/mol.